The van der Waals surface area contributed by atoms with Gasteiger partial charge >= 0.3 is 0 Å². The van der Waals surface area contributed by atoms with Crippen molar-refractivity contribution in [2.45, 2.75) is 51.2 Å². The van der Waals surface area contributed by atoms with Crippen molar-refractivity contribution in [3.63, 3.8) is 0 Å². The summed E-state index contributed by atoms with van der Waals surface area (Å²) in [7, 11) is 1.72. The van der Waals surface area contributed by atoms with Crippen molar-refractivity contribution in [3.8, 4) is 0 Å². The average Bonchev–Trinajstić information content (AvgIpc) is 2.78. The standard InChI is InChI=1S/C14H22O2S/c1-10-8-12(9-17-10)13(15)14(16-2)11-6-4-3-5-7-11/h8-9,11,13-15H,3-7H2,1-2H3. The van der Waals surface area contributed by atoms with E-state index >= 15 is 0 Å². The smallest absolute Gasteiger partial charge is 0.106 e. The molecule has 1 fully saturated rings. The lowest BCUT2D eigenvalue weighted by molar-refractivity contribution is -0.0557. The van der Waals surface area contributed by atoms with E-state index in [1.165, 1.54) is 37.0 Å². The summed E-state index contributed by atoms with van der Waals surface area (Å²) in [6.07, 6.45) is 5.77. The fraction of sp³-hybridized carbons (Fsp3) is 0.714. The third-order valence-electron chi connectivity index (χ3n) is 3.79. The molecule has 1 heterocycles. The molecule has 0 spiro atoms. The Hall–Kier alpha value is -0.380. The van der Waals surface area contributed by atoms with E-state index < -0.39 is 6.10 Å². The number of ether oxygens (including phenoxy) is 1. The van der Waals surface area contributed by atoms with Gasteiger partial charge in [-0.15, -0.1) is 11.3 Å². The van der Waals surface area contributed by atoms with E-state index in [-0.39, 0.29) is 6.10 Å². The zero-order valence-electron chi connectivity index (χ0n) is 10.7. The number of rotatable bonds is 4. The van der Waals surface area contributed by atoms with Gasteiger partial charge in [0.25, 0.3) is 0 Å². The molecule has 0 bridgehead atoms. The van der Waals surface area contributed by atoms with Crippen LogP contribution in [0, 0.1) is 12.8 Å². The van der Waals surface area contributed by atoms with Gasteiger partial charge in [-0.2, -0.15) is 0 Å². The molecule has 1 aliphatic carbocycles. The highest BCUT2D eigenvalue weighted by molar-refractivity contribution is 7.10. The van der Waals surface area contributed by atoms with Crippen LogP contribution in [0.15, 0.2) is 11.4 Å². The maximum Gasteiger partial charge on any atom is 0.106 e. The Bertz CT molecular complexity index is 342. The van der Waals surface area contributed by atoms with Crippen molar-refractivity contribution in [1.82, 2.24) is 0 Å². The van der Waals surface area contributed by atoms with Crippen LogP contribution in [0.25, 0.3) is 0 Å². The summed E-state index contributed by atoms with van der Waals surface area (Å²) in [5.41, 5.74) is 1.02. The molecule has 1 aromatic rings. The predicted molar refractivity (Wildman–Crippen MR) is 71.4 cm³/mol. The second kappa shape index (κ2) is 5.98. The Balaban J connectivity index is 2.06. The Labute approximate surface area is 108 Å². The van der Waals surface area contributed by atoms with E-state index in [2.05, 4.69) is 18.4 Å². The van der Waals surface area contributed by atoms with Crippen LogP contribution in [0.2, 0.25) is 0 Å². The second-order valence-corrected chi connectivity index (χ2v) is 6.15. The van der Waals surface area contributed by atoms with E-state index in [9.17, 15) is 5.11 Å². The van der Waals surface area contributed by atoms with Gasteiger partial charge in [-0.25, -0.2) is 0 Å². The normalized spacial score (nSPS) is 21.4. The molecule has 1 aliphatic rings. The van der Waals surface area contributed by atoms with Gasteiger partial charge in [-0.05, 0) is 42.7 Å². The molecule has 96 valence electrons. The number of aliphatic hydroxyl groups excluding tert-OH is 1. The Morgan fingerprint density at radius 3 is 2.59 bits per heavy atom. The zero-order chi connectivity index (χ0) is 12.3. The van der Waals surface area contributed by atoms with Gasteiger partial charge < -0.3 is 9.84 Å². The molecule has 2 atom stereocenters. The number of methoxy groups -OCH3 is 1. The molecule has 17 heavy (non-hydrogen) atoms. The van der Waals surface area contributed by atoms with Gasteiger partial charge in [0.05, 0.1) is 6.10 Å². The summed E-state index contributed by atoms with van der Waals surface area (Å²) < 4.78 is 5.57. The first-order valence-corrected chi connectivity index (χ1v) is 7.36. The number of aliphatic hydroxyl groups is 1. The van der Waals surface area contributed by atoms with E-state index in [0.29, 0.717) is 5.92 Å². The molecule has 1 aromatic heterocycles. The van der Waals surface area contributed by atoms with E-state index in [1.807, 2.05) is 0 Å². The van der Waals surface area contributed by atoms with Gasteiger partial charge in [0.1, 0.15) is 6.10 Å². The molecule has 1 N–H and O–H groups in total. The largest absolute Gasteiger partial charge is 0.386 e. The van der Waals surface area contributed by atoms with Crippen LogP contribution < -0.4 is 0 Å². The highest BCUT2D eigenvalue weighted by Crippen LogP contribution is 2.35. The minimum Gasteiger partial charge on any atom is -0.386 e. The van der Waals surface area contributed by atoms with Crippen molar-refractivity contribution in [1.29, 1.82) is 0 Å². The van der Waals surface area contributed by atoms with Gasteiger partial charge in [0.15, 0.2) is 0 Å². The van der Waals surface area contributed by atoms with Crippen molar-refractivity contribution in [2.75, 3.05) is 7.11 Å². The number of thiophene rings is 1. The minimum absolute atomic E-state index is 0.0377. The number of hydrogen-bond donors (Lipinski definition) is 1. The Morgan fingerprint density at radius 2 is 2.06 bits per heavy atom. The average molecular weight is 254 g/mol. The molecule has 1 saturated carbocycles. The first-order valence-electron chi connectivity index (χ1n) is 6.48. The van der Waals surface area contributed by atoms with E-state index in [4.69, 9.17) is 4.74 Å². The van der Waals surface area contributed by atoms with Crippen LogP contribution >= 0.6 is 11.3 Å². The molecule has 2 unspecified atom stereocenters. The van der Waals surface area contributed by atoms with Crippen LogP contribution in [0.4, 0.5) is 0 Å². The van der Waals surface area contributed by atoms with Gasteiger partial charge in [0.2, 0.25) is 0 Å². The first kappa shape index (κ1) is 13.1. The quantitative estimate of drug-likeness (QED) is 0.888. The number of hydrogen-bond acceptors (Lipinski definition) is 3. The van der Waals surface area contributed by atoms with Crippen molar-refractivity contribution >= 4 is 11.3 Å². The van der Waals surface area contributed by atoms with E-state index in [1.54, 1.807) is 18.4 Å². The number of aryl methyl sites for hydroxylation is 1. The Morgan fingerprint density at radius 1 is 1.35 bits per heavy atom. The summed E-state index contributed by atoms with van der Waals surface area (Å²) in [6, 6.07) is 2.07. The van der Waals surface area contributed by atoms with Crippen LogP contribution in [-0.4, -0.2) is 18.3 Å². The van der Waals surface area contributed by atoms with Gasteiger partial charge in [-0.1, -0.05) is 19.3 Å². The molecule has 0 aromatic carbocycles. The van der Waals surface area contributed by atoms with Crippen LogP contribution in [0.5, 0.6) is 0 Å². The molecule has 0 saturated heterocycles. The highest BCUT2D eigenvalue weighted by atomic mass is 32.1. The maximum absolute atomic E-state index is 10.4. The monoisotopic (exact) mass is 254 g/mol. The first-order chi connectivity index (χ1) is 8.22. The summed E-state index contributed by atoms with van der Waals surface area (Å²) in [6.45, 7) is 2.07. The minimum atomic E-state index is -0.465. The van der Waals surface area contributed by atoms with Crippen LogP contribution in [0.3, 0.4) is 0 Å². The van der Waals surface area contributed by atoms with Gasteiger partial charge in [0, 0.05) is 12.0 Å². The lowest BCUT2D eigenvalue weighted by atomic mass is 9.82. The van der Waals surface area contributed by atoms with Crippen LogP contribution in [0.1, 0.15) is 48.6 Å². The van der Waals surface area contributed by atoms with Crippen molar-refractivity contribution in [2.24, 2.45) is 5.92 Å². The SMILES string of the molecule is COC(C1CCCCC1)C(O)c1csc(C)c1. The second-order valence-electron chi connectivity index (χ2n) is 5.03. The van der Waals surface area contributed by atoms with Crippen molar-refractivity contribution in [3.05, 3.63) is 21.9 Å². The lowest BCUT2D eigenvalue weighted by Crippen LogP contribution is -2.31. The summed E-state index contributed by atoms with van der Waals surface area (Å²) in [5.74, 6) is 0.518. The predicted octanol–water partition coefficient (Wildman–Crippen LogP) is 3.69. The summed E-state index contributed by atoms with van der Waals surface area (Å²) in [4.78, 5) is 1.25. The van der Waals surface area contributed by atoms with Gasteiger partial charge in [-0.3, -0.25) is 0 Å². The lowest BCUT2D eigenvalue weighted by Gasteiger charge is -2.32. The molecule has 0 radical (unpaired) electrons. The fourth-order valence-electron chi connectivity index (χ4n) is 2.85. The van der Waals surface area contributed by atoms with Crippen molar-refractivity contribution < 1.29 is 9.84 Å². The molecule has 3 heteroatoms. The topological polar surface area (TPSA) is 29.5 Å². The highest BCUT2D eigenvalue weighted by Gasteiger charge is 2.30. The third-order valence-corrected chi connectivity index (χ3v) is 4.67. The summed E-state index contributed by atoms with van der Waals surface area (Å²) in [5, 5.41) is 12.5. The molecule has 2 rings (SSSR count). The van der Waals surface area contributed by atoms with E-state index in [0.717, 1.165) is 5.56 Å². The molecule has 0 aliphatic heterocycles. The molecular formula is C14H22O2S. The summed E-state index contributed by atoms with van der Waals surface area (Å²) >= 11 is 1.69. The third kappa shape index (κ3) is 3.09. The maximum atomic E-state index is 10.4. The Kier molecular flexibility index (Phi) is 4.60. The molecule has 2 nitrogen and oxygen atoms in total. The molecule has 0 amide bonds. The zero-order valence-corrected chi connectivity index (χ0v) is 11.5. The van der Waals surface area contributed by atoms with Crippen LogP contribution in [-0.2, 0) is 4.74 Å². The molecular weight excluding hydrogens is 232 g/mol. The fourth-order valence-corrected chi connectivity index (χ4v) is 3.58.